The van der Waals surface area contributed by atoms with Gasteiger partial charge < -0.3 is 10.4 Å². The zero-order valence-electron chi connectivity index (χ0n) is 11.0. The molecule has 1 aliphatic rings. The van der Waals surface area contributed by atoms with Crippen molar-refractivity contribution in [1.29, 1.82) is 0 Å². The maximum absolute atomic E-state index is 9.02. The Morgan fingerprint density at radius 2 is 2.00 bits per heavy atom. The Morgan fingerprint density at radius 3 is 2.62 bits per heavy atom. The van der Waals surface area contributed by atoms with Gasteiger partial charge in [0.2, 0.25) is 0 Å². The van der Waals surface area contributed by atoms with E-state index in [9.17, 15) is 0 Å². The van der Waals surface area contributed by atoms with Crippen LogP contribution in [0.3, 0.4) is 0 Å². The van der Waals surface area contributed by atoms with Crippen molar-refractivity contribution in [1.82, 2.24) is 5.32 Å². The summed E-state index contributed by atoms with van der Waals surface area (Å²) >= 11 is 0. The molecule has 0 spiro atoms. The van der Waals surface area contributed by atoms with Crippen LogP contribution in [0, 0.1) is 11.8 Å². The van der Waals surface area contributed by atoms with E-state index in [2.05, 4.69) is 19.2 Å². The molecule has 0 saturated heterocycles. The molecule has 1 aliphatic carbocycles. The summed E-state index contributed by atoms with van der Waals surface area (Å²) in [4.78, 5) is 0. The van der Waals surface area contributed by atoms with Gasteiger partial charge in [0.15, 0.2) is 0 Å². The first-order valence-electron chi connectivity index (χ1n) is 7.12. The number of hydrogen-bond donors (Lipinski definition) is 2. The Balaban J connectivity index is 2.23. The maximum atomic E-state index is 9.02. The van der Waals surface area contributed by atoms with Crippen LogP contribution >= 0.6 is 0 Å². The van der Waals surface area contributed by atoms with Crippen molar-refractivity contribution in [3.8, 4) is 0 Å². The van der Waals surface area contributed by atoms with Crippen LogP contribution in [0.15, 0.2) is 0 Å². The standard InChI is InChI=1S/C14H29NO/c1-3-6-13(9-10-16)11-15-14-8-5-4-7-12(14)2/h12-16H,3-11H2,1-2H3. The average molecular weight is 227 g/mol. The largest absolute Gasteiger partial charge is 0.396 e. The van der Waals surface area contributed by atoms with Gasteiger partial charge >= 0.3 is 0 Å². The van der Waals surface area contributed by atoms with Gasteiger partial charge in [-0.1, -0.05) is 33.1 Å². The Labute approximate surface area is 101 Å². The molecule has 1 rings (SSSR count). The molecular formula is C14H29NO. The molecule has 0 amide bonds. The molecular weight excluding hydrogens is 198 g/mol. The number of hydrogen-bond acceptors (Lipinski definition) is 2. The van der Waals surface area contributed by atoms with Crippen LogP contribution in [0.1, 0.15) is 58.8 Å². The fraction of sp³-hybridized carbons (Fsp3) is 1.00. The number of aliphatic hydroxyl groups is 1. The minimum atomic E-state index is 0.340. The first-order valence-corrected chi connectivity index (χ1v) is 7.12. The summed E-state index contributed by atoms with van der Waals surface area (Å²) in [6, 6.07) is 0.729. The topological polar surface area (TPSA) is 32.3 Å². The molecule has 0 aromatic rings. The fourth-order valence-corrected chi connectivity index (χ4v) is 2.88. The SMILES string of the molecule is CCCC(CCO)CNC1CCCCC1C. The molecule has 0 heterocycles. The highest BCUT2D eigenvalue weighted by Gasteiger charge is 2.21. The third-order valence-corrected chi connectivity index (χ3v) is 4.01. The molecule has 16 heavy (non-hydrogen) atoms. The van der Waals surface area contributed by atoms with Crippen LogP contribution in [0.5, 0.6) is 0 Å². The number of aliphatic hydroxyl groups excluding tert-OH is 1. The highest BCUT2D eigenvalue weighted by molar-refractivity contribution is 4.79. The predicted octanol–water partition coefficient (Wildman–Crippen LogP) is 2.95. The van der Waals surface area contributed by atoms with Gasteiger partial charge in [-0.3, -0.25) is 0 Å². The lowest BCUT2D eigenvalue weighted by Crippen LogP contribution is -2.40. The highest BCUT2D eigenvalue weighted by Crippen LogP contribution is 2.24. The summed E-state index contributed by atoms with van der Waals surface area (Å²) in [5, 5.41) is 12.8. The van der Waals surface area contributed by atoms with Crippen molar-refractivity contribution in [2.75, 3.05) is 13.2 Å². The Kier molecular flexibility index (Phi) is 7.06. The molecule has 1 saturated carbocycles. The minimum absolute atomic E-state index is 0.340. The van der Waals surface area contributed by atoms with Crippen LogP contribution in [0.25, 0.3) is 0 Å². The van der Waals surface area contributed by atoms with Crippen LogP contribution in [0.4, 0.5) is 0 Å². The second-order valence-corrected chi connectivity index (χ2v) is 5.44. The first-order chi connectivity index (χ1) is 7.77. The van der Waals surface area contributed by atoms with Gasteiger partial charge in [-0.15, -0.1) is 0 Å². The summed E-state index contributed by atoms with van der Waals surface area (Å²) in [5.41, 5.74) is 0. The first kappa shape index (κ1) is 14.0. The lowest BCUT2D eigenvalue weighted by molar-refractivity contribution is 0.227. The second-order valence-electron chi connectivity index (χ2n) is 5.44. The van der Waals surface area contributed by atoms with Gasteiger partial charge in [0, 0.05) is 12.6 Å². The van der Waals surface area contributed by atoms with Gasteiger partial charge in [0.1, 0.15) is 0 Å². The zero-order chi connectivity index (χ0) is 11.8. The summed E-state index contributed by atoms with van der Waals surface area (Å²) in [5.74, 6) is 1.51. The Morgan fingerprint density at radius 1 is 1.25 bits per heavy atom. The lowest BCUT2D eigenvalue weighted by atomic mass is 9.85. The third-order valence-electron chi connectivity index (χ3n) is 4.01. The van der Waals surface area contributed by atoms with Crippen molar-refractivity contribution in [3.63, 3.8) is 0 Å². The highest BCUT2D eigenvalue weighted by atomic mass is 16.3. The van der Waals surface area contributed by atoms with Gasteiger partial charge in [0.05, 0.1) is 0 Å². The van der Waals surface area contributed by atoms with Gasteiger partial charge in [-0.05, 0) is 44.1 Å². The van der Waals surface area contributed by atoms with E-state index in [0.29, 0.717) is 12.5 Å². The van der Waals surface area contributed by atoms with Crippen molar-refractivity contribution in [2.45, 2.75) is 64.8 Å². The van der Waals surface area contributed by atoms with Crippen molar-refractivity contribution < 1.29 is 5.11 Å². The van der Waals surface area contributed by atoms with Gasteiger partial charge in [0.25, 0.3) is 0 Å². The van der Waals surface area contributed by atoms with E-state index < -0.39 is 0 Å². The lowest BCUT2D eigenvalue weighted by Gasteiger charge is -2.31. The van der Waals surface area contributed by atoms with Gasteiger partial charge in [-0.2, -0.15) is 0 Å². The van der Waals surface area contributed by atoms with Crippen LogP contribution in [-0.2, 0) is 0 Å². The summed E-state index contributed by atoms with van der Waals surface area (Å²) in [7, 11) is 0. The van der Waals surface area contributed by atoms with E-state index in [4.69, 9.17) is 5.11 Å². The molecule has 1 fully saturated rings. The zero-order valence-corrected chi connectivity index (χ0v) is 11.0. The molecule has 3 unspecified atom stereocenters. The molecule has 0 radical (unpaired) electrons. The molecule has 0 bridgehead atoms. The fourth-order valence-electron chi connectivity index (χ4n) is 2.88. The third kappa shape index (κ3) is 4.84. The average Bonchev–Trinajstić information content (AvgIpc) is 2.28. The molecule has 3 atom stereocenters. The van der Waals surface area contributed by atoms with Crippen molar-refractivity contribution >= 4 is 0 Å². The van der Waals surface area contributed by atoms with E-state index in [1.807, 2.05) is 0 Å². The molecule has 96 valence electrons. The van der Waals surface area contributed by atoms with Crippen LogP contribution in [-0.4, -0.2) is 24.3 Å². The normalized spacial score (nSPS) is 27.9. The summed E-state index contributed by atoms with van der Waals surface area (Å²) < 4.78 is 0. The van der Waals surface area contributed by atoms with E-state index in [1.54, 1.807) is 0 Å². The van der Waals surface area contributed by atoms with Crippen molar-refractivity contribution in [2.24, 2.45) is 11.8 Å². The van der Waals surface area contributed by atoms with Crippen LogP contribution < -0.4 is 5.32 Å². The van der Waals surface area contributed by atoms with E-state index >= 15 is 0 Å². The Hall–Kier alpha value is -0.0800. The quantitative estimate of drug-likeness (QED) is 0.701. The van der Waals surface area contributed by atoms with E-state index in [1.165, 1.54) is 38.5 Å². The monoisotopic (exact) mass is 227 g/mol. The Bertz CT molecular complexity index is 166. The summed E-state index contributed by atoms with van der Waals surface area (Å²) in [6.07, 6.45) is 8.97. The molecule has 0 aromatic heterocycles. The van der Waals surface area contributed by atoms with Crippen molar-refractivity contribution in [3.05, 3.63) is 0 Å². The van der Waals surface area contributed by atoms with E-state index in [-0.39, 0.29) is 0 Å². The van der Waals surface area contributed by atoms with Crippen LogP contribution in [0.2, 0.25) is 0 Å². The second kappa shape index (κ2) is 8.08. The minimum Gasteiger partial charge on any atom is -0.396 e. The van der Waals surface area contributed by atoms with Gasteiger partial charge in [-0.25, -0.2) is 0 Å². The molecule has 2 N–H and O–H groups in total. The molecule has 0 aliphatic heterocycles. The number of nitrogens with one attached hydrogen (secondary N) is 1. The van der Waals surface area contributed by atoms with E-state index in [0.717, 1.165) is 24.9 Å². The molecule has 0 aromatic carbocycles. The molecule has 2 nitrogen and oxygen atoms in total. The maximum Gasteiger partial charge on any atom is 0.0434 e. The predicted molar refractivity (Wildman–Crippen MR) is 69.5 cm³/mol. The smallest absolute Gasteiger partial charge is 0.0434 e. The molecule has 2 heteroatoms. The number of rotatable bonds is 7. The summed E-state index contributed by atoms with van der Waals surface area (Å²) in [6.45, 7) is 6.04.